The van der Waals surface area contributed by atoms with Crippen molar-refractivity contribution in [3.8, 4) is 5.69 Å². The summed E-state index contributed by atoms with van der Waals surface area (Å²) in [6.45, 7) is 0. The van der Waals surface area contributed by atoms with Crippen molar-refractivity contribution < 1.29 is 14.3 Å². The lowest BCUT2D eigenvalue weighted by atomic mass is 9.85. The van der Waals surface area contributed by atoms with E-state index in [4.69, 9.17) is 0 Å². The highest BCUT2D eigenvalue weighted by Crippen LogP contribution is 2.34. The van der Waals surface area contributed by atoms with Gasteiger partial charge in [0.2, 0.25) is 0 Å². The van der Waals surface area contributed by atoms with E-state index in [9.17, 15) is 14.3 Å². The van der Waals surface area contributed by atoms with Crippen molar-refractivity contribution in [3.05, 3.63) is 47.5 Å². The van der Waals surface area contributed by atoms with Gasteiger partial charge in [0.15, 0.2) is 0 Å². The monoisotopic (exact) mass is 288 g/mol. The van der Waals surface area contributed by atoms with Crippen molar-refractivity contribution in [2.24, 2.45) is 0 Å². The van der Waals surface area contributed by atoms with E-state index in [0.29, 0.717) is 5.69 Å². The number of carboxylic acid groups (broad SMARTS) is 1. The minimum Gasteiger partial charge on any atom is -0.478 e. The Balaban J connectivity index is 2.04. The lowest BCUT2D eigenvalue weighted by Gasteiger charge is -2.20. The molecule has 21 heavy (non-hydrogen) atoms. The molecule has 1 aromatic carbocycles. The summed E-state index contributed by atoms with van der Waals surface area (Å²) in [4.78, 5) is 11.4. The molecule has 4 nitrogen and oxygen atoms in total. The Labute approximate surface area is 122 Å². The van der Waals surface area contributed by atoms with Crippen LogP contribution in [-0.2, 0) is 0 Å². The van der Waals surface area contributed by atoms with Gasteiger partial charge >= 0.3 is 5.97 Å². The molecule has 1 N–H and O–H groups in total. The van der Waals surface area contributed by atoms with Crippen LogP contribution in [0.5, 0.6) is 0 Å². The van der Waals surface area contributed by atoms with Gasteiger partial charge in [-0.05, 0) is 25.0 Å². The molecule has 0 atom stereocenters. The van der Waals surface area contributed by atoms with Crippen LogP contribution in [0.2, 0.25) is 0 Å². The number of carbonyl (C=O) groups is 1. The molecule has 1 aromatic heterocycles. The van der Waals surface area contributed by atoms with E-state index in [1.807, 2.05) is 0 Å². The second kappa shape index (κ2) is 5.68. The Hall–Kier alpha value is -2.17. The van der Waals surface area contributed by atoms with E-state index < -0.39 is 11.8 Å². The molecule has 110 valence electrons. The first kappa shape index (κ1) is 13.8. The summed E-state index contributed by atoms with van der Waals surface area (Å²) in [5.41, 5.74) is 1.05. The molecule has 0 saturated heterocycles. The van der Waals surface area contributed by atoms with Crippen LogP contribution in [0.15, 0.2) is 30.5 Å². The fraction of sp³-hybridized carbons (Fsp3) is 0.375. The highest BCUT2D eigenvalue weighted by molar-refractivity contribution is 5.89. The Bertz CT molecular complexity index is 660. The minimum absolute atomic E-state index is 0.165. The summed E-state index contributed by atoms with van der Waals surface area (Å²) < 4.78 is 15.2. The van der Waals surface area contributed by atoms with E-state index in [1.165, 1.54) is 23.4 Å². The first-order valence-corrected chi connectivity index (χ1v) is 7.24. The second-order valence-electron chi connectivity index (χ2n) is 5.46. The number of hydrogen-bond donors (Lipinski definition) is 1. The maximum atomic E-state index is 13.9. The number of hydrogen-bond acceptors (Lipinski definition) is 2. The summed E-state index contributed by atoms with van der Waals surface area (Å²) >= 11 is 0. The number of aromatic carboxylic acids is 1. The molecule has 0 aliphatic heterocycles. The number of aromatic nitrogens is 2. The van der Waals surface area contributed by atoms with Crippen LogP contribution in [0.25, 0.3) is 5.69 Å². The second-order valence-corrected chi connectivity index (χ2v) is 5.46. The normalized spacial score (nSPS) is 16.0. The molecule has 1 saturated carbocycles. The maximum absolute atomic E-state index is 13.9. The van der Waals surface area contributed by atoms with Gasteiger partial charge in [-0.25, -0.2) is 13.9 Å². The van der Waals surface area contributed by atoms with Crippen molar-refractivity contribution in [2.45, 2.75) is 38.0 Å². The van der Waals surface area contributed by atoms with Crippen LogP contribution in [0.3, 0.4) is 0 Å². The van der Waals surface area contributed by atoms with Gasteiger partial charge in [0.05, 0.1) is 5.69 Å². The van der Waals surface area contributed by atoms with Crippen molar-refractivity contribution >= 4 is 5.97 Å². The molecule has 3 rings (SSSR count). The summed E-state index contributed by atoms with van der Waals surface area (Å²) in [5.74, 6) is -1.25. The standard InChI is InChI=1S/C16H17FN2O2/c17-13-8-4-5-9-14(13)19-10-12(16(20)21)15(18-19)11-6-2-1-3-7-11/h4-5,8-11H,1-3,6-7H2,(H,20,21). The molecule has 0 bridgehead atoms. The Kier molecular flexibility index (Phi) is 3.73. The molecule has 1 fully saturated rings. The molecular weight excluding hydrogens is 271 g/mol. The maximum Gasteiger partial charge on any atom is 0.339 e. The summed E-state index contributed by atoms with van der Waals surface area (Å²) in [6.07, 6.45) is 6.70. The van der Waals surface area contributed by atoms with Crippen LogP contribution in [-0.4, -0.2) is 20.9 Å². The number of carboxylic acids is 1. The molecule has 0 amide bonds. The van der Waals surface area contributed by atoms with Gasteiger partial charge in [0.1, 0.15) is 17.1 Å². The zero-order valence-electron chi connectivity index (χ0n) is 11.6. The van der Waals surface area contributed by atoms with Crippen molar-refractivity contribution in [1.82, 2.24) is 9.78 Å². The predicted octanol–water partition coefficient (Wildman–Crippen LogP) is 3.76. The topological polar surface area (TPSA) is 55.1 Å². The van der Waals surface area contributed by atoms with Gasteiger partial charge in [-0.1, -0.05) is 31.4 Å². The Morgan fingerprint density at radius 3 is 2.62 bits per heavy atom. The minimum atomic E-state index is -1.00. The van der Waals surface area contributed by atoms with Crippen LogP contribution in [0, 0.1) is 5.82 Å². The third-order valence-corrected chi connectivity index (χ3v) is 4.06. The van der Waals surface area contributed by atoms with Crippen LogP contribution < -0.4 is 0 Å². The fourth-order valence-electron chi connectivity index (χ4n) is 2.99. The average molecular weight is 288 g/mol. The summed E-state index contributed by atoms with van der Waals surface area (Å²) in [6, 6.07) is 6.25. The van der Waals surface area contributed by atoms with E-state index in [1.54, 1.807) is 18.2 Å². The number of para-hydroxylation sites is 1. The number of halogens is 1. The third-order valence-electron chi connectivity index (χ3n) is 4.06. The lowest BCUT2D eigenvalue weighted by molar-refractivity contribution is 0.0694. The van der Waals surface area contributed by atoms with E-state index in [0.717, 1.165) is 25.7 Å². The van der Waals surface area contributed by atoms with Crippen LogP contribution in [0.4, 0.5) is 4.39 Å². The first-order chi connectivity index (χ1) is 10.2. The van der Waals surface area contributed by atoms with Gasteiger partial charge in [-0.15, -0.1) is 0 Å². The van der Waals surface area contributed by atoms with Crippen LogP contribution in [0.1, 0.15) is 54.1 Å². The zero-order valence-corrected chi connectivity index (χ0v) is 11.6. The number of rotatable bonds is 3. The highest BCUT2D eigenvalue weighted by Gasteiger charge is 2.25. The highest BCUT2D eigenvalue weighted by atomic mass is 19.1. The summed E-state index contributed by atoms with van der Waals surface area (Å²) in [5, 5.41) is 13.8. The van der Waals surface area contributed by atoms with Crippen molar-refractivity contribution in [3.63, 3.8) is 0 Å². The molecule has 0 spiro atoms. The molecule has 2 aromatic rings. The van der Waals surface area contributed by atoms with E-state index in [2.05, 4.69) is 5.10 Å². The number of benzene rings is 1. The summed E-state index contributed by atoms with van der Waals surface area (Å²) in [7, 11) is 0. The third kappa shape index (κ3) is 2.68. The Morgan fingerprint density at radius 1 is 1.24 bits per heavy atom. The largest absolute Gasteiger partial charge is 0.478 e. The molecule has 0 radical (unpaired) electrons. The molecule has 1 aliphatic rings. The van der Waals surface area contributed by atoms with E-state index in [-0.39, 0.29) is 17.2 Å². The van der Waals surface area contributed by atoms with Crippen molar-refractivity contribution in [2.75, 3.05) is 0 Å². The van der Waals surface area contributed by atoms with Crippen molar-refractivity contribution in [1.29, 1.82) is 0 Å². The smallest absolute Gasteiger partial charge is 0.339 e. The average Bonchev–Trinajstić information content (AvgIpc) is 2.94. The predicted molar refractivity (Wildman–Crippen MR) is 76.3 cm³/mol. The first-order valence-electron chi connectivity index (χ1n) is 7.24. The molecule has 5 heteroatoms. The lowest BCUT2D eigenvalue weighted by Crippen LogP contribution is -2.10. The molecular formula is C16H17FN2O2. The fourth-order valence-corrected chi connectivity index (χ4v) is 2.99. The van der Waals surface area contributed by atoms with E-state index >= 15 is 0 Å². The molecule has 1 heterocycles. The molecule has 1 aliphatic carbocycles. The van der Waals surface area contributed by atoms with Gasteiger partial charge in [-0.3, -0.25) is 0 Å². The SMILES string of the molecule is O=C(O)c1cn(-c2ccccc2F)nc1C1CCCCC1. The van der Waals surface area contributed by atoms with Gasteiger partial charge in [0.25, 0.3) is 0 Å². The zero-order chi connectivity index (χ0) is 14.8. The Morgan fingerprint density at radius 2 is 1.95 bits per heavy atom. The molecule has 0 unspecified atom stereocenters. The van der Waals surface area contributed by atoms with Gasteiger partial charge < -0.3 is 5.11 Å². The van der Waals surface area contributed by atoms with Crippen LogP contribution >= 0.6 is 0 Å². The quantitative estimate of drug-likeness (QED) is 0.935. The number of nitrogens with zero attached hydrogens (tertiary/aromatic N) is 2. The van der Waals surface area contributed by atoms with Gasteiger partial charge in [0, 0.05) is 12.1 Å². The van der Waals surface area contributed by atoms with Gasteiger partial charge in [-0.2, -0.15) is 5.10 Å².